The van der Waals surface area contributed by atoms with Crippen molar-refractivity contribution in [3.8, 4) is 11.3 Å². The third-order valence-corrected chi connectivity index (χ3v) is 2.82. The lowest BCUT2D eigenvalue weighted by Gasteiger charge is -2.06. The number of pyridine rings is 1. The van der Waals surface area contributed by atoms with Gasteiger partial charge in [0.15, 0.2) is 5.95 Å². The van der Waals surface area contributed by atoms with Gasteiger partial charge in [0, 0.05) is 37.0 Å². The van der Waals surface area contributed by atoms with Gasteiger partial charge in [-0.1, -0.05) is 0 Å². The summed E-state index contributed by atoms with van der Waals surface area (Å²) < 4.78 is 14.9. The first-order chi connectivity index (χ1) is 11.1. The molecule has 0 atom stereocenters. The SMILES string of the molecule is Cn1nccc1Nc1nccc(-c2cc(F)[nH]c(=O)c2)n1.NN. The van der Waals surface area contributed by atoms with Crippen molar-refractivity contribution in [2.45, 2.75) is 0 Å². The second-order valence-electron chi connectivity index (χ2n) is 4.31. The van der Waals surface area contributed by atoms with Gasteiger partial charge in [0.05, 0.1) is 11.9 Å². The lowest BCUT2D eigenvalue weighted by Crippen LogP contribution is -2.07. The zero-order valence-electron chi connectivity index (χ0n) is 12.2. The van der Waals surface area contributed by atoms with E-state index in [4.69, 9.17) is 0 Å². The van der Waals surface area contributed by atoms with E-state index in [1.807, 2.05) is 4.98 Å². The fraction of sp³-hybridized carbons (Fsp3) is 0.0769. The van der Waals surface area contributed by atoms with Gasteiger partial charge >= 0.3 is 0 Å². The minimum Gasteiger partial charge on any atom is -0.309 e. The zero-order chi connectivity index (χ0) is 16.8. The summed E-state index contributed by atoms with van der Waals surface area (Å²) in [6.07, 6.45) is 3.17. The Balaban J connectivity index is 0.000000924. The standard InChI is InChI=1S/C13H11FN6O.H4N2/c1-20-11(3-5-16-20)19-13-15-4-2-9(17-13)8-6-10(14)18-12(21)7-8;1-2/h2-7H,1H3,(H,18,21)(H,15,17,19);1-2H2. The van der Waals surface area contributed by atoms with E-state index in [0.29, 0.717) is 23.0 Å². The maximum Gasteiger partial charge on any atom is 0.250 e. The number of nitrogens with zero attached hydrogens (tertiary/aromatic N) is 4. The van der Waals surface area contributed by atoms with Crippen molar-refractivity contribution in [3.05, 3.63) is 53.0 Å². The van der Waals surface area contributed by atoms with Gasteiger partial charge in [0.25, 0.3) is 5.56 Å². The number of rotatable bonds is 3. The quantitative estimate of drug-likeness (QED) is 0.308. The van der Waals surface area contributed by atoms with Crippen LogP contribution in [0.1, 0.15) is 0 Å². The molecule has 0 radical (unpaired) electrons. The van der Waals surface area contributed by atoms with Gasteiger partial charge in [-0.05, 0) is 6.07 Å². The Labute approximate surface area is 130 Å². The minimum atomic E-state index is -0.711. The molecule has 0 fully saturated rings. The minimum absolute atomic E-state index is 0.330. The average Bonchev–Trinajstić information content (AvgIpc) is 2.94. The number of H-pyrrole nitrogens is 1. The molecule has 0 saturated carbocycles. The summed E-state index contributed by atoms with van der Waals surface area (Å²) in [6, 6.07) is 5.85. The Bertz CT molecular complexity index is 844. The first-order valence-corrected chi connectivity index (χ1v) is 6.43. The van der Waals surface area contributed by atoms with Crippen LogP contribution in [0.15, 0.2) is 41.5 Å². The fourth-order valence-corrected chi connectivity index (χ4v) is 1.85. The first-order valence-electron chi connectivity index (χ1n) is 6.43. The molecule has 23 heavy (non-hydrogen) atoms. The van der Waals surface area contributed by atoms with Gasteiger partial charge in [0.1, 0.15) is 5.82 Å². The molecule has 3 aromatic heterocycles. The lowest BCUT2D eigenvalue weighted by molar-refractivity contribution is 0.580. The number of halogens is 1. The van der Waals surface area contributed by atoms with Crippen LogP contribution < -0.4 is 22.6 Å². The van der Waals surface area contributed by atoms with E-state index in [2.05, 4.69) is 32.1 Å². The number of hydrazine groups is 1. The van der Waals surface area contributed by atoms with Crippen LogP contribution in [0, 0.1) is 5.95 Å². The Morgan fingerprint density at radius 3 is 2.70 bits per heavy atom. The highest BCUT2D eigenvalue weighted by Crippen LogP contribution is 2.18. The molecule has 0 spiro atoms. The van der Waals surface area contributed by atoms with E-state index < -0.39 is 11.5 Å². The first kappa shape index (κ1) is 16.3. The highest BCUT2D eigenvalue weighted by molar-refractivity contribution is 5.60. The van der Waals surface area contributed by atoms with Crippen LogP contribution in [-0.4, -0.2) is 24.7 Å². The predicted molar refractivity (Wildman–Crippen MR) is 82.9 cm³/mol. The topological polar surface area (TPSA) is 141 Å². The average molecular weight is 318 g/mol. The van der Waals surface area contributed by atoms with Crippen molar-refractivity contribution in [2.75, 3.05) is 5.32 Å². The molecule has 6 N–H and O–H groups in total. The zero-order valence-corrected chi connectivity index (χ0v) is 12.2. The summed E-state index contributed by atoms with van der Waals surface area (Å²) in [5.74, 6) is 8.33. The molecule has 120 valence electrons. The Kier molecular flexibility index (Phi) is 5.12. The van der Waals surface area contributed by atoms with Crippen LogP contribution in [0.4, 0.5) is 16.2 Å². The number of hydrogen-bond donors (Lipinski definition) is 4. The second kappa shape index (κ2) is 7.24. The number of aromatic amines is 1. The van der Waals surface area contributed by atoms with Gasteiger partial charge in [-0.2, -0.15) is 9.49 Å². The van der Waals surface area contributed by atoms with Gasteiger partial charge in [-0.15, -0.1) is 0 Å². The van der Waals surface area contributed by atoms with Gasteiger partial charge in [-0.3, -0.25) is 26.1 Å². The molecule has 0 aliphatic carbocycles. The molecule has 0 saturated heterocycles. The molecule has 0 amide bonds. The van der Waals surface area contributed by atoms with E-state index in [1.54, 1.807) is 30.1 Å². The van der Waals surface area contributed by atoms with Gasteiger partial charge in [0.2, 0.25) is 5.95 Å². The van der Waals surface area contributed by atoms with Crippen molar-refractivity contribution in [2.24, 2.45) is 18.7 Å². The van der Waals surface area contributed by atoms with Gasteiger partial charge in [-0.25, -0.2) is 9.97 Å². The van der Waals surface area contributed by atoms with Crippen LogP contribution in [0.5, 0.6) is 0 Å². The summed E-state index contributed by atoms with van der Waals surface area (Å²) in [4.78, 5) is 21.7. The number of aryl methyl sites for hydroxylation is 1. The Hall–Kier alpha value is -3.11. The normalized spacial score (nSPS) is 9.91. The summed E-state index contributed by atoms with van der Waals surface area (Å²) in [5, 5.41) is 7.01. The maximum absolute atomic E-state index is 13.2. The van der Waals surface area contributed by atoms with Crippen LogP contribution in [0.25, 0.3) is 11.3 Å². The molecular weight excluding hydrogens is 303 g/mol. The molecule has 10 heteroatoms. The summed E-state index contributed by atoms with van der Waals surface area (Å²) in [6.45, 7) is 0. The second-order valence-corrected chi connectivity index (χ2v) is 4.31. The van der Waals surface area contributed by atoms with Crippen molar-refractivity contribution >= 4 is 11.8 Å². The number of hydrogen-bond acceptors (Lipinski definition) is 7. The van der Waals surface area contributed by atoms with Crippen LogP contribution >= 0.6 is 0 Å². The smallest absolute Gasteiger partial charge is 0.250 e. The van der Waals surface area contributed by atoms with E-state index in [0.717, 1.165) is 0 Å². The number of anilines is 2. The summed E-state index contributed by atoms with van der Waals surface area (Å²) >= 11 is 0. The van der Waals surface area contributed by atoms with E-state index in [-0.39, 0.29) is 0 Å². The third-order valence-electron chi connectivity index (χ3n) is 2.82. The van der Waals surface area contributed by atoms with E-state index in [9.17, 15) is 9.18 Å². The van der Waals surface area contributed by atoms with Crippen LogP contribution in [-0.2, 0) is 7.05 Å². The third kappa shape index (κ3) is 3.96. The summed E-state index contributed by atoms with van der Waals surface area (Å²) in [5.41, 5.74) is 0.302. The van der Waals surface area contributed by atoms with Crippen molar-refractivity contribution in [3.63, 3.8) is 0 Å². The molecule has 3 rings (SSSR count). The molecular formula is C13H15FN8O. The molecule has 0 aliphatic rings. The molecule has 3 heterocycles. The number of aromatic nitrogens is 5. The molecule has 0 bridgehead atoms. The Morgan fingerprint density at radius 1 is 1.26 bits per heavy atom. The summed E-state index contributed by atoms with van der Waals surface area (Å²) in [7, 11) is 1.78. The number of nitrogens with two attached hydrogens (primary N) is 2. The van der Waals surface area contributed by atoms with E-state index in [1.165, 1.54) is 18.3 Å². The Morgan fingerprint density at radius 2 is 2.04 bits per heavy atom. The lowest BCUT2D eigenvalue weighted by atomic mass is 10.2. The van der Waals surface area contributed by atoms with E-state index >= 15 is 0 Å². The largest absolute Gasteiger partial charge is 0.309 e. The molecule has 3 aromatic rings. The fourth-order valence-electron chi connectivity index (χ4n) is 1.85. The molecule has 9 nitrogen and oxygen atoms in total. The van der Waals surface area contributed by atoms with Crippen LogP contribution in [0.2, 0.25) is 0 Å². The molecule has 0 unspecified atom stereocenters. The highest BCUT2D eigenvalue weighted by atomic mass is 19.1. The van der Waals surface area contributed by atoms with Gasteiger partial charge < -0.3 is 5.32 Å². The number of nitrogens with one attached hydrogen (secondary N) is 2. The van der Waals surface area contributed by atoms with Crippen molar-refractivity contribution < 1.29 is 4.39 Å². The van der Waals surface area contributed by atoms with Crippen molar-refractivity contribution in [1.29, 1.82) is 0 Å². The molecule has 0 aromatic carbocycles. The van der Waals surface area contributed by atoms with Crippen LogP contribution in [0.3, 0.4) is 0 Å². The van der Waals surface area contributed by atoms with Crippen molar-refractivity contribution in [1.82, 2.24) is 24.7 Å². The predicted octanol–water partition coefficient (Wildman–Crippen LogP) is 0.267. The highest BCUT2D eigenvalue weighted by Gasteiger charge is 2.06. The molecule has 0 aliphatic heterocycles. The maximum atomic E-state index is 13.2. The monoisotopic (exact) mass is 318 g/mol.